The van der Waals surface area contributed by atoms with Crippen LogP contribution in [-0.2, 0) is 0 Å². The molecule has 3 heterocycles. The van der Waals surface area contributed by atoms with Gasteiger partial charge in [0.15, 0.2) is 5.76 Å². The number of H-pyrrole nitrogens is 1. The van der Waals surface area contributed by atoms with Crippen LogP contribution in [0, 0.1) is 6.92 Å². The van der Waals surface area contributed by atoms with Gasteiger partial charge in [-0.1, -0.05) is 23.8 Å². The Morgan fingerprint density at radius 3 is 2.54 bits per heavy atom. The van der Waals surface area contributed by atoms with Crippen molar-refractivity contribution in [3.63, 3.8) is 0 Å². The highest BCUT2D eigenvalue weighted by atomic mass is 16.3. The third kappa shape index (κ3) is 3.55. The number of benzene rings is 1. The lowest BCUT2D eigenvalue weighted by molar-refractivity contribution is 0.0700. The van der Waals surface area contributed by atoms with E-state index >= 15 is 0 Å². The highest BCUT2D eigenvalue weighted by molar-refractivity contribution is 6.00. The average molecular weight is 378 g/mol. The van der Waals surface area contributed by atoms with E-state index in [9.17, 15) is 9.59 Å². The van der Waals surface area contributed by atoms with Crippen molar-refractivity contribution in [3.8, 4) is 11.3 Å². The van der Waals surface area contributed by atoms with Crippen molar-refractivity contribution < 1.29 is 14.0 Å². The van der Waals surface area contributed by atoms with Gasteiger partial charge in [0.2, 0.25) is 0 Å². The van der Waals surface area contributed by atoms with E-state index in [1.54, 1.807) is 28.1 Å². The fourth-order valence-electron chi connectivity index (χ4n) is 3.52. The zero-order valence-corrected chi connectivity index (χ0v) is 15.7. The Balaban J connectivity index is 1.49. The third-order valence-corrected chi connectivity index (χ3v) is 4.98. The number of aryl methyl sites for hydroxylation is 1. The second-order valence-electron chi connectivity index (χ2n) is 6.94. The first-order valence-electron chi connectivity index (χ1n) is 9.36. The van der Waals surface area contributed by atoms with Gasteiger partial charge in [-0.15, -0.1) is 0 Å². The summed E-state index contributed by atoms with van der Waals surface area (Å²) in [6.45, 7) is 4.16. The normalized spacial score (nSPS) is 14.8. The van der Waals surface area contributed by atoms with Crippen LogP contribution in [0.5, 0.6) is 0 Å². The summed E-state index contributed by atoms with van der Waals surface area (Å²) in [5, 5.41) is 7.05. The molecule has 28 heavy (non-hydrogen) atoms. The Morgan fingerprint density at radius 1 is 1.04 bits per heavy atom. The Hall–Kier alpha value is -3.35. The third-order valence-electron chi connectivity index (χ3n) is 4.98. The Bertz CT molecular complexity index is 977. The predicted molar refractivity (Wildman–Crippen MR) is 104 cm³/mol. The number of nitrogens with one attached hydrogen (secondary N) is 1. The van der Waals surface area contributed by atoms with Crippen LogP contribution in [0.4, 0.5) is 0 Å². The molecule has 2 aromatic heterocycles. The van der Waals surface area contributed by atoms with Gasteiger partial charge in [0, 0.05) is 31.7 Å². The quantitative estimate of drug-likeness (QED) is 0.760. The molecule has 1 aromatic carbocycles. The number of amides is 2. The lowest BCUT2D eigenvalue weighted by atomic mass is 10.1. The van der Waals surface area contributed by atoms with Crippen molar-refractivity contribution >= 4 is 11.8 Å². The number of aromatic amines is 1. The summed E-state index contributed by atoms with van der Waals surface area (Å²) in [6.07, 6.45) is 3.79. The summed E-state index contributed by atoms with van der Waals surface area (Å²) in [5.74, 6) is 0.122. The van der Waals surface area contributed by atoms with E-state index in [-0.39, 0.29) is 11.8 Å². The summed E-state index contributed by atoms with van der Waals surface area (Å²) in [6, 6.07) is 11.3. The molecule has 7 heteroatoms. The van der Waals surface area contributed by atoms with Crippen LogP contribution in [-0.4, -0.2) is 58.0 Å². The first-order chi connectivity index (χ1) is 13.6. The second kappa shape index (κ2) is 7.72. The van der Waals surface area contributed by atoms with Crippen LogP contribution < -0.4 is 0 Å². The molecule has 0 bridgehead atoms. The standard InChI is InChI=1S/C21H22N4O3/c1-15-5-2-6-16(13-15)19-17(14-22-23-19)20(26)24-8-4-9-25(11-10-24)21(27)18-7-3-12-28-18/h2-3,5-7,12-14H,4,8-11H2,1H3,(H,22,23). The molecule has 1 aliphatic rings. The molecule has 4 rings (SSSR count). The van der Waals surface area contributed by atoms with Gasteiger partial charge >= 0.3 is 0 Å². The molecule has 2 amide bonds. The number of carbonyl (C=O) groups is 2. The maximum absolute atomic E-state index is 13.1. The van der Waals surface area contributed by atoms with E-state index in [4.69, 9.17) is 4.42 Å². The molecule has 0 radical (unpaired) electrons. The number of nitrogens with zero attached hydrogens (tertiary/aromatic N) is 3. The molecule has 7 nitrogen and oxygen atoms in total. The van der Waals surface area contributed by atoms with E-state index in [1.165, 1.54) is 6.26 Å². The smallest absolute Gasteiger partial charge is 0.289 e. The molecule has 0 saturated carbocycles. The number of hydrogen-bond donors (Lipinski definition) is 1. The van der Waals surface area contributed by atoms with E-state index in [0.29, 0.717) is 37.5 Å². The van der Waals surface area contributed by atoms with E-state index in [0.717, 1.165) is 23.2 Å². The van der Waals surface area contributed by atoms with Crippen LogP contribution in [0.1, 0.15) is 32.9 Å². The summed E-state index contributed by atoms with van der Waals surface area (Å²) in [7, 11) is 0. The maximum atomic E-state index is 13.1. The van der Waals surface area contributed by atoms with Crippen molar-refractivity contribution in [2.45, 2.75) is 13.3 Å². The van der Waals surface area contributed by atoms with Crippen molar-refractivity contribution in [1.29, 1.82) is 0 Å². The first kappa shape index (κ1) is 18.0. The minimum atomic E-state index is -0.136. The maximum Gasteiger partial charge on any atom is 0.289 e. The van der Waals surface area contributed by atoms with Gasteiger partial charge in [0.1, 0.15) is 0 Å². The molecule has 1 N–H and O–H groups in total. The highest BCUT2D eigenvalue weighted by Crippen LogP contribution is 2.23. The van der Waals surface area contributed by atoms with Crippen molar-refractivity contribution in [2.75, 3.05) is 26.2 Å². The monoisotopic (exact) mass is 378 g/mol. The Morgan fingerprint density at radius 2 is 1.82 bits per heavy atom. The van der Waals surface area contributed by atoms with Gasteiger partial charge < -0.3 is 14.2 Å². The highest BCUT2D eigenvalue weighted by Gasteiger charge is 2.26. The number of hydrogen-bond acceptors (Lipinski definition) is 4. The summed E-state index contributed by atoms with van der Waals surface area (Å²) < 4.78 is 5.21. The molecule has 1 fully saturated rings. The van der Waals surface area contributed by atoms with Gasteiger partial charge in [0.05, 0.1) is 23.7 Å². The molecule has 1 aliphatic heterocycles. The molecule has 0 atom stereocenters. The first-order valence-corrected chi connectivity index (χ1v) is 9.36. The molecule has 3 aromatic rings. The van der Waals surface area contributed by atoms with Crippen molar-refractivity contribution in [3.05, 3.63) is 65.7 Å². The van der Waals surface area contributed by atoms with E-state index in [2.05, 4.69) is 10.2 Å². The molecular formula is C21H22N4O3. The largest absolute Gasteiger partial charge is 0.459 e. The zero-order chi connectivity index (χ0) is 19.5. The van der Waals surface area contributed by atoms with Crippen LogP contribution in [0.15, 0.2) is 53.3 Å². The van der Waals surface area contributed by atoms with Crippen LogP contribution >= 0.6 is 0 Å². The topological polar surface area (TPSA) is 82.4 Å². The molecule has 0 aliphatic carbocycles. The van der Waals surface area contributed by atoms with Crippen LogP contribution in [0.3, 0.4) is 0 Å². The van der Waals surface area contributed by atoms with E-state index in [1.807, 2.05) is 31.2 Å². The lowest BCUT2D eigenvalue weighted by Crippen LogP contribution is -2.37. The summed E-state index contributed by atoms with van der Waals surface area (Å²) in [5.41, 5.74) is 3.33. The minimum Gasteiger partial charge on any atom is -0.459 e. The Kier molecular flexibility index (Phi) is 4.97. The SMILES string of the molecule is Cc1cccc(-c2[nH]ncc2C(=O)N2CCCN(C(=O)c3ccco3)CC2)c1. The van der Waals surface area contributed by atoms with Gasteiger partial charge in [-0.25, -0.2) is 0 Å². The molecule has 0 spiro atoms. The van der Waals surface area contributed by atoms with Crippen molar-refractivity contribution in [2.24, 2.45) is 0 Å². The van der Waals surface area contributed by atoms with Gasteiger partial charge in [-0.3, -0.25) is 14.7 Å². The molecule has 1 saturated heterocycles. The van der Waals surface area contributed by atoms with Gasteiger partial charge in [-0.2, -0.15) is 5.10 Å². The fourth-order valence-corrected chi connectivity index (χ4v) is 3.52. The second-order valence-corrected chi connectivity index (χ2v) is 6.94. The number of rotatable bonds is 3. The Labute approximate surface area is 162 Å². The number of aromatic nitrogens is 2. The van der Waals surface area contributed by atoms with Crippen molar-refractivity contribution in [1.82, 2.24) is 20.0 Å². The molecule has 144 valence electrons. The van der Waals surface area contributed by atoms with Gasteiger partial charge in [0.25, 0.3) is 11.8 Å². The van der Waals surface area contributed by atoms with Crippen LogP contribution in [0.25, 0.3) is 11.3 Å². The number of furan rings is 1. The lowest BCUT2D eigenvalue weighted by Gasteiger charge is -2.21. The van der Waals surface area contributed by atoms with E-state index < -0.39 is 0 Å². The summed E-state index contributed by atoms with van der Waals surface area (Å²) in [4.78, 5) is 29.2. The fraction of sp³-hybridized carbons (Fsp3) is 0.286. The van der Waals surface area contributed by atoms with Gasteiger partial charge in [-0.05, 0) is 31.5 Å². The molecular weight excluding hydrogens is 356 g/mol. The summed E-state index contributed by atoms with van der Waals surface area (Å²) >= 11 is 0. The predicted octanol–water partition coefficient (Wildman–Crippen LogP) is 2.97. The minimum absolute atomic E-state index is 0.0717. The number of carbonyl (C=O) groups excluding carboxylic acids is 2. The molecule has 0 unspecified atom stereocenters. The van der Waals surface area contributed by atoms with Crippen LogP contribution in [0.2, 0.25) is 0 Å². The zero-order valence-electron chi connectivity index (χ0n) is 15.7. The average Bonchev–Trinajstić information content (AvgIpc) is 3.35.